The van der Waals surface area contributed by atoms with E-state index in [-0.39, 0.29) is 0 Å². The largest absolute Gasteiger partial charge is 0.0774 e. The summed E-state index contributed by atoms with van der Waals surface area (Å²) in [6.07, 6.45) is 9.44. The third kappa shape index (κ3) is 1.70. The highest BCUT2D eigenvalue weighted by atomic mass is 14.1. The molecule has 0 bridgehead atoms. The zero-order valence-corrected chi connectivity index (χ0v) is 6.22. The van der Waals surface area contributed by atoms with Crippen molar-refractivity contribution in [3.05, 3.63) is 23.8 Å². The van der Waals surface area contributed by atoms with E-state index in [0.717, 1.165) is 5.92 Å². The first-order chi connectivity index (χ1) is 4.33. The summed E-state index contributed by atoms with van der Waals surface area (Å²) < 4.78 is 0. The molecule has 1 rings (SSSR count). The van der Waals surface area contributed by atoms with Gasteiger partial charge in [0.05, 0.1) is 0 Å². The molecule has 0 nitrogen and oxygen atoms in total. The summed E-state index contributed by atoms with van der Waals surface area (Å²) in [5.41, 5.74) is 1.42. The Labute approximate surface area is 57.3 Å². The lowest BCUT2D eigenvalue weighted by Crippen LogP contribution is -1.85. The van der Waals surface area contributed by atoms with Crippen molar-refractivity contribution >= 4 is 0 Å². The summed E-state index contributed by atoms with van der Waals surface area (Å²) in [5, 5.41) is 0. The average Bonchev–Trinajstić information content (AvgIpc) is 2.17. The van der Waals surface area contributed by atoms with E-state index in [2.05, 4.69) is 32.1 Å². The van der Waals surface area contributed by atoms with Gasteiger partial charge in [-0.2, -0.15) is 0 Å². The average molecular weight is 122 g/mol. The van der Waals surface area contributed by atoms with E-state index in [1.54, 1.807) is 0 Å². The molecule has 0 heterocycles. The summed E-state index contributed by atoms with van der Waals surface area (Å²) in [4.78, 5) is 0. The van der Waals surface area contributed by atoms with Gasteiger partial charge in [0.1, 0.15) is 0 Å². The monoisotopic (exact) mass is 122 g/mol. The third-order valence-corrected chi connectivity index (χ3v) is 1.71. The summed E-state index contributed by atoms with van der Waals surface area (Å²) in [7, 11) is 0. The second-order valence-electron chi connectivity index (χ2n) is 2.72. The molecule has 1 aliphatic rings. The highest BCUT2D eigenvalue weighted by molar-refractivity contribution is 5.26. The molecule has 0 spiro atoms. The van der Waals surface area contributed by atoms with E-state index in [0.29, 0.717) is 0 Å². The molecule has 0 fully saturated rings. The summed E-state index contributed by atoms with van der Waals surface area (Å²) >= 11 is 0. The zero-order chi connectivity index (χ0) is 6.69. The van der Waals surface area contributed by atoms with Crippen LogP contribution in [0.2, 0.25) is 0 Å². The van der Waals surface area contributed by atoms with Gasteiger partial charge < -0.3 is 0 Å². The first-order valence-corrected chi connectivity index (χ1v) is 3.69. The van der Waals surface area contributed by atoms with Gasteiger partial charge in [-0.05, 0) is 19.3 Å². The van der Waals surface area contributed by atoms with E-state index in [4.69, 9.17) is 0 Å². The Morgan fingerprint density at radius 2 is 2.33 bits per heavy atom. The van der Waals surface area contributed by atoms with Crippen molar-refractivity contribution in [2.24, 2.45) is 5.92 Å². The van der Waals surface area contributed by atoms with Crippen LogP contribution in [0.25, 0.3) is 0 Å². The molecule has 0 aromatic carbocycles. The van der Waals surface area contributed by atoms with E-state index < -0.39 is 0 Å². The highest BCUT2D eigenvalue weighted by Gasteiger charge is 2.03. The molecule has 0 radical (unpaired) electrons. The molecule has 1 aliphatic carbocycles. The SMILES string of the molecule is CCCC1C=CC(C)=C1. The smallest absolute Gasteiger partial charge is 0.00447 e. The van der Waals surface area contributed by atoms with Crippen LogP contribution in [0.1, 0.15) is 26.7 Å². The molecule has 0 aliphatic heterocycles. The first kappa shape index (κ1) is 6.60. The predicted molar refractivity (Wildman–Crippen MR) is 41.3 cm³/mol. The Bertz CT molecular complexity index is 140. The third-order valence-electron chi connectivity index (χ3n) is 1.71. The van der Waals surface area contributed by atoms with Crippen molar-refractivity contribution in [3.8, 4) is 0 Å². The van der Waals surface area contributed by atoms with Crippen LogP contribution in [0.5, 0.6) is 0 Å². The fraction of sp³-hybridized carbons (Fsp3) is 0.556. The molecular formula is C9H14. The van der Waals surface area contributed by atoms with Crippen LogP contribution in [0.15, 0.2) is 23.8 Å². The standard InChI is InChI=1S/C9H14/c1-3-4-9-6-5-8(2)7-9/h5-7,9H,3-4H2,1-2H3. The van der Waals surface area contributed by atoms with Crippen LogP contribution in [-0.4, -0.2) is 0 Å². The topological polar surface area (TPSA) is 0 Å². The van der Waals surface area contributed by atoms with Crippen LogP contribution >= 0.6 is 0 Å². The molecule has 0 N–H and O–H groups in total. The summed E-state index contributed by atoms with van der Waals surface area (Å²) in [5.74, 6) is 0.745. The molecule has 0 aromatic rings. The second-order valence-corrected chi connectivity index (χ2v) is 2.72. The maximum atomic E-state index is 2.34. The fourth-order valence-corrected chi connectivity index (χ4v) is 1.24. The fourth-order valence-electron chi connectivity index (χ4n) is 1.24. The lowest BCUT2D eigenvalue weighted by molar-refractivity contribution is 0.696. The van der Waals surface area contributed by atoms with Gasteiger partial charge in [-0.25, -0.2) is 0 Å². The van der Waals surface area contributed by atoms with Gasteiger partial charge in [-0.3, -0.25) is 0 Å². The number of allylic oxidation sites excluding steroid dienone is 4. The Morgan fingerprint density at radius 3 is 2.78 bits per heavy atom. The van der Waals surface area contributed by atoms with Gasteiger partial charge in [0.15, 0.2) is 0 Å². The summed E-state index contributed by atoms with van der Waals surface area (Å²) in [6.45, 7) is 4.39. The van der Waals surface area contributed by atoms with Crippen molar-refractivity contribution in [1.82, 2.24) is 0 Å². The molecule has 1 atom stereocenters. The van der Waals surface area contributed by atoms with E-state index >= 15 is 0 Å². The van der Waals surface area contributed by atoms with Crippen LogP contribution < -0.4 is 0 Å². The Kier molecular flexibility index (Phi) is 2.10. The van der Waals surface area contributed by atoms with E-state index in [1.807, 2.05) is 0 Å². The lowest BCUT2D eigenvalue weighted by Gasteiger charge is -1.98. The quantitative estimate of drug-likeness (QED) is 0.528. The first-order valence-electron chi connectivity index (χ1n) is 3.69. The van der Waals surface area contributed by atoms with Crippen LogP contribution in [0, 0.1) is 5.92 Å². The Hall–Kier alpha value is -0.520. The molecule has 0 saturated heterocycles. The molecule has 9 heavy (non-hydrogen) atoms. The van der Waals surface area contributed by atoms with Crippen LogP contribution in [-0.2, 0) is 0 Å². The second kappa shape index (κ2) is 2.86. The van der Waals surface area contributed by atoms with E-state index in [1.165, 1.54) is 18.4 Å². The van der Waals surface area contributed by atoms with Gasteiger partial charge in [-0.15, -0.1) is 0 Å². The van der Waals surface area contributed by atoms with Gasteiger partial charge in [0.25, 0.3) is 0 Å². The van der Waals surface area contributed by atoms with Crippen molar-refractivity contribution in [2.75, 3.05) is 0 Å². The number of hydrogen-bond acceptors (Lipinski definition) is 0. The Balaban J connectivity index is 2.40. The normalized spacial score (nSPS) is 24.7. The molecule has 50 valence electrons. The molecule has 0 heteroatoms. The van der Waals surface area contributed by atoms with Gasteiger partial charge >= 0.3 is 0 Å². The van der Waals surface area contributed by atoms with E-state index in [9.17, 15) is 0 Å². The van der Waals surface area contributed by atoms with Gasteiger partial charge in [-0.1, -0.05) is 37.1 Å². The van der Waals surface area contributed by atoms with Crippen LogP contribution in [0.3, 0.4) is 0 Å². The molecule has 0 aromatic heterocycles. The molecule has 0 amide bonds. The zero-order valence-electron chi connectivity index (χ0n) is 6.22. The summed E-state index contributed by atoms with van der Waals surface area (Å²) in [6, 6.07) is 0. The molecule has 0 saturated carbocycles. The van der Waals surface area contributed by atoms with Crippen molar-refractivity contribution in [3.63, 3.8) is 0 Å². The molecular weight excluding hydrogens is 108 g/mol. The minimum absolute atomic E-state index is 0.745. The van der Waals surface area contributed by atoms with Gasteiger partial charge in [0, 0.05) is 0 Å². The van der Waals surface area contributed by atoms with Crippen molar-refractivity contribution in [2.45, 2.75) is 26.7 Å². The maximum Gasteiger partial charge on any atom is -0.00447 e. The highest BCUT2D eigenvalue weighted by Crippen LogP contribution is 2.19. The lowest BCUT2D eigenvalue weighted by atomic mass is 10.1. The maximum absolute atomic E-state index is 2.34. The van der Waals surface area contributed by atoms with Crippen LogP contribution in [0.4, 0.5) is 0 Å². The number of rotatable bonds is 2. The Morgan fingerprint density at radius 1 is 1.56 bits per heavy atom. The predicted octanol–water partition coefficient (Wildman–Crippen LogP) is 2.92. The van der Waals surface area contributed by atoms with Crippen molar-refractivity contribution < 1.29 is 0 Å². The number of hydrogen-bond donors (Lipinski definition) is 0. The minimum atomic E-state index is 0.745. The molecule has 1 unspecified atom stereocenters. The van der Waals surface area contributed by atoms with Gasteiger partial charge in [0.2, 0.25) is 0 Å². The minimum Gasteiger partial charge on any atom is -0.0774 e. The van der Waals surface area contributed by atoms with Crippen molar-refractivity contribution in [1.29, 1.82) is 0 Å².